The number of fused-ring (bicyclic) bond motifs is 1. The standard InChI is InChI=1S/C27H30N4O4/c32-26(29-34)25-17-23(35-22-7-6-19-10-11-28-18-20(19)16-22)8-9-24(25)27(33)31-14-12-30(13-15-31)21-4-2-1-3-5-21/h1-7,10-11,16,18,23-25,34H,8-9,12-15,17H2,(H,29,32)/t23-,24+,25+/m1/s1. The van der Waals surface area contributed by atoms with Gasteiger partial charge in [0.2, 0.25) is 11.8 Å². The SMILES string of the molecule is O=C(NO)[C@H]1C[C@H](Oc2ccc3ccncc3c2)CC[C@@H]1C(=O)N1CCN(c2ccccc2)CC1. The average Bonchev–Trinajstić information content (AvgIpc) is 2.92. The monoisotopic (exact) mass is 474 g/mol. The first kappa shape index (κ1) is 23.1. The molecule has 5 rings (SSSR count). The van der Waals surface area contributed by atoms with Crippen LogP contribution in [0.1, 0.15) is 19.3 Å². The topological polar surface area (TPSA) is 95.0 Å². The maximum atomic E-state index is 13.4. The number of ether oxygens (including phenoxy) is 1. The van der Waals surface area contributed by atoms with E-state index in [0.717, 1.165) is 29.5 Å². The molecule has 2 aromatic carbocycles. The molecular formula is C27H30N4O4. The van der Waals surface area contributed by atoms with Gasteiger partial charge in [0.05, 0.1) is 17.9 Å². The van der Waals surface area contributed by atoms with Crippen molar-refractivity contribution >= 4 is 28.3 Å². The first-order valence-electron chi connectivity index (χ1n) is 12.2. The van der Waals surface area contributed by atoms with E-state index >= 15 is 0 Å². The van der Waals surface area contributed by atoms with Gasteiger partial charge in [-0.15, -0.1) is 0 Å². The van der Waals surface area contributed by atoms with Crippen LogP contribution in [-0.4, -0.2) is 59.2 Å². The number of hydrogen-bond donors (Lipinski definition) is 2. The van der Waals surface area contributed by atoms with Gasteiger partial charge < -0.3 is 14.5 Å². The van der Waals surface area contributed by atoms with Crippen LogP contribution in [0.25, 0.3) is 10.8 Å². The molecule has 2 fully saturated rings. The fraction of sp³-hybridized carbons (Fsp3) is 0.370. The Bertz CT molecular complexity index is 1180. The first-order valence-corrected chi connectivity index (χ1v) is 12.2. The van der Waals surface area contributed by atoms with Gasteiger partial charge in [-0.2, -0.15) is 0 Å². The summed E-state index contributed by atoms with van der Waals surface area (Å²) in [6.07, 6.45) is 4.90. The van der Waals surface area contributed by atoms with Crippen LogP contribution in [0.4, 0.5) is 5.69 Å². The van der Waals surface area contributed by atoms with Crippen LogP contribution in [0, 0.1) is 11.8 Å². The number of hydrogen-bond acceptors (Lipinski definition) is 6. The highest BCUT2D eigenvalue weighted by molar-refractivity contribution is 5.87. The molecule has 2 aliphatic rings. The predicted octanol–water partition coefficient (Wildman–Crippen LogP) is 3.25. The molecule has 3 aromatic rings. The van der Waals surface area contributed by atoms with Gasteiger partial charge in [0, 0.05) is 49.6 Å². The maximum absolute atomic E-state index is 13.4. The second-order valence-corrected chi connectivity index (χ2v) is 9.27. The van der Waals surface area contributed by atoms with Crippen LogP contribution < -0.4 is 15.1 Å². The number of hydroxylamine groups is 1. The van der Waals surface area contributed by atoms with Crippen molar-refractivity contribution in [3.05, 3.63) is 67.0 Å². The van der Waals surface area contributed by atoms with Crippen LogP contribution in [0.2, 0.25) is 0 Å². The highest BCUT2D eigenvalue weighted by atomic mass is 16.5. The quantitative estimate of drug-likeness (QED) is 0.436. The zero-order valence-corrected chi connectivity index (χ0v) is 19.5. The average molecular weight is 475 g/mol. The normalized spacial score (nSPS) is 22.6. The smallest absolute Gasteiger partial charge is 0.247 e. The van der Waals surface area contributed by atoms with E-state index in [-0.39, 0.29) is 12.0 Å². The molecule has 8 heteroatoms. The van der Waals surface area contributed by atoms with E-state index in [0.29, 0.717) is 38.1 Å². The largest absolute Gasteiger partial charge is 0.490 e. The fourth-order valence-corrected chi connectivity index (χ4v) is 5.29. The van der Waals surface area contributed by atoms with Crippen molar-refractivity contribution in [3.63, 3.8) is 0 Å². The Kier molecular flexibility index (Phi) is 6.81. The summed E-state index contributed by atoms with van der Waals surface area (Å²) in [6.45, 7) is 2.73. The van der Waals surface area contributed by atoms with E-state index in [1.54, 1.807) is 17.9 Å². The highest BCUT2D eigenvalue weighted by Crippen LogP contribution is 2.35. The number of nitrogens with zero attached hydrogens (tertiary/aromatic N) is 3. The minimum Gasteiger partial charge on any atom is -0.490 e. The van der Waals surface area contributed by atoms with Gasteiger partial charge in [-0.1, -0.05) is 24.3 Å². The molecule has 0 radical (unpaired) electrons. The van der Waals surface area contributed by atoms with Crippen molar-refractivity contribution in [2.24, 2.45) is 11.8 Å². The Morgan fingerprint density at radius 3 is 2.51 bits per heavy atom. The number of nitrogens with one attached hydrogen (secondary N) is 1. The van der Waals surface area contributed by atoms with E-state index < -0.39 is 17.7 Å². The number of rotatable bonds is 5. The third kappa shape index (κ3) is 5.07. The molecule has 182 valence electrons. The van der Waals surface area contributed by atoms with Gasteiger partial charge in [-0.05, 0) is 55.0 Å². The number of pyridine rings is 1. The second-order valence-electron chi connectivity index (χ2n) is 9.27. The van der Waals surface area contributed by atoms with Crippen molar-refractivity contribution in [1.29, 1.82) is 0 Å². The number of piperazine rings is 1. The minimum atomic E-state index is -0.638. The Morgan fingerprint density at radius 2 is 1.74 bits per heavy atom. The summed E-state index contributed by atoms with van der Waals surface area (Å²) in [5, 5.41) is 11.4. The van der Waals surface area contributed by atoms with Crippen molar-refractivity contribution in [3.8, 4) is 5.75 Å². The molecule has 3 atom stereocenters. The number of amides is 2. The lowest BCUT2D eigenvalue weighted by atomic mass is 9.76. The number of para-hydroxylation sites is 1. The Labute approximate surface area is 204 Å². The molecule has 8 nitrogen and oxygen atoms in total. The molecule has 2 amide bonds. The van der Waals surface area contributed by atoms with Crippen molar-refractivity contribution < 1.29 is 19.5 Å². The molecule has 1 aromatic heterocycles. The van der Waals surface area contributed by atoms with Crippen LogP contribution in [0.3, 0.4) is 0 Å². The third-order valence-electron chi connectivity index (χ3n) is 7.19. The van der Waals surface area contributed by atoms with Gasteiger partial charge in [0.15, 0.2) is 0 Å². The number of anilines is 1. The second kappa shape index (κ2) is 10.3. The lowest BCUT2D eigenvalue weighted by Crippen LogP contribution is -2.53. The zero-order chi connectivity index (χ0) is 24.2. The number of carbonyl (C=O) groups is 2. The van der Waals surface area contributed by atoms with Crippen LogP contribution in [0.5, 0.6) is 5.75 Å². The summed E-state index contributed by atoms with van der Waals surface area (Å²) in [6, 6.07) is 17.9. The van der Waals surface area contributed by atoms with Crippen molar-refractivity contribution in [1.82, 2.24) is 15.4 Å². The molecular weight excluding hydrogens is 444 g/mol. The molecule has 35 heavy (non-hydrogen) atoms. The van der Waals surface area contributed by atoms with Crippen molar-refractivity contribution in [2.45, 2.75) is 25.4 Å². The number of carbonyl (C=O) groups excluding carboxylic acids is 2. The van der Waals surface area contributed by atoms with Gasteiger partial charge in [0.25, 0.3) is 0 Å². The predicted molar refractivity (Wildman–Crippen MR) is 132 cm³/mol. The summed E-state index contributed by atoms with van der Waals surface area (Å²) < 4.78 is 6.20. The maximum Gasteiger partial charge on any atom is 0.247 e. The van der Waals surface area contributed by atoms with E-state index in [2.05, 4.69) is 22.0 Å². The van der Waals surface area contributed by atoms with Crippen LogP contribution >= 0.6 is 0 Å². The summed E-state index contributed by atoms with van der Waals surface area (Å²) in [5.41, 5.74) is 2.93. The molecule has 0 bridgehead atoms. The van der Waals surface area contributed by atoms with Crippen LogP contribution in [0.15, 0.2) is 67.0 Å². The van der Waals surface area contributed by atoms with Gasteiger partial charge >= 0.3 is 0 Å². The molecule has 1 saturated heterocycles. The molecule has 1 saturated carbocycles. The lowest BCUT2D eigenvalue weighted by Gasteiger charge is -2.40. The number of benzene rings is 2. The van der Waals surface area contributed by atoms with E-state index in [9.17, 15) is 14.8 Å². The van der Waals surface area contributed by atoms with Gasteiger partial charge in [-0.25, -0.2) is 5.48 Å². The summed E-state index contributed by atoms with van der Waals surface area (Å²) in [7, 11) is 0. The fourth-order valence-electron chi connectivity index (χ4n) is 5.29. The van der Waals surface area contributed by atoms with Gasteiger partial charge in [-0.3, -0.25) is 19.8 Å². The van der Waals surface area contributed by atoms with E-state index in [1.807, 2.05) is 47.4 Å². The third-order valence-corrected chi connectivity index (χ3v) is 7.19. The summed E-state index contributed by atoms with van der Waals surface area (Å²) >= 11 is 0. The molecule has 0 unspecified atom stereocenters. The Hall–Kier alpha value is -3.65. The Morgan fingerprint density at radius 1 is 0.943 bits per heavy atom. The summed E-state index contributed by atoms with van der Waals surface area (Å²) in [5.74, 6) is -0.934. The molecule has 1 aliphatic carbocycles. The highest BCUT2D eigenvalue weighted by Gasteiger charge is 2.42. The molecule has 2 heterocycles. The van der Waals surface area contributed by atoms with Crippen LogP contribution in [-0.2, 0) is 9.59 Å². The number of aromatic nitrogens is 1. The minimum absolute atomic E-state index is 0.0125. The van der Waals surface area contributed by atoms with E-state index in [4.69, 9.17) is 4.74 Å². The molecule has 1 aliphatic heterocycles. The zero-order valence-electron chi connectivity index (χ0n) is 19.5. The van der Waals surface area contributed by atoms with E-state index in [1.165, 1.54) is 0 Å². The van der Waals surface area contributed by atoms with Crippen molar-refractivity contribution in [2.75, 3.05) is 31.1 Å². The summed E-state index contributed by atoms with van der Waals surface area (Å²) in [4.78, 5) is 34.3. The van der Waals surface area contributed by atoms with Gasteiger partial charge in [0.1, 0.15) is 5.75 Å². The first-order chi connectivity index (χ1) is 17.1. The Balaban J connectivity index is 1.23. The lowest BCUT2D eigenvalue weighted by molar-refractivity contribution is -0.148. The molecule has 2 N–H and O–H groups in total. The molecule has 0 spiro atoms.